The van der Waals surface area contributed by atoms with E-state index in [2.05, 4.69) is 5.32 Å². The summed E-state index contributed by atoms with van der Waals surface area (Å²) in [5.41, 5.74) is 2.74. The number of nitrogens with zero attached hydrogens (tertiary/aromatic N) is 1. The minimum absolute atomic E-state index is 0.167. The first kappa shape index (κ1) is 17.0. The lowest BCUT2D eigenvalue weighted by Gasteiger charge is -2.23. The summed E-state index contributed by atoms with van der Waals surface area (Å²) in [6.45, 7) is 2.72. The van der Waals surface area contributed by atoms with Gasteiger partial charge in [-0.15, -0.1) is 0 Å². The largest absolute Gasteiger partial charge is 0.445 e. The Morgan fingerprint density at radius 1 is 1.16 bits per heavy atom. The third-order valence-electron chi connectivity index (χ3n) is 4.28. The smallest absolute Gasteiger partial charge is 0.410 e. The van der Waals surface area contributed by atoms with Gasteiger partial charge in [-0.05, 0) is 43.0 Å². The molecule has 1 aliphatic heterocycles. The van der Waals surface area contributed by atoms with Gasteiger partial charge in [0.05, 0.1) is 0 Å². The lowest BCUT2D eigenvalue weighted by atomic mass is 10.2. The summed E-state index contributed by atoms with van der Waals surface area (Å²) in [6, 6.07) is 16.7. The van der Waals surface area contributed by atoms with Crippen LogP contribution in [0.3, 0.4) is 0 Å². The molecular weight excluding hydrogens is 316 g/mol. The van der Waals surface area contributed by atoms with E-state index in [4.69, 9.17) is 4.74 Å². The summed E-state index contributed by atoms with van der Waals surface area (Å²) in [5.74, 6) is -0.167. The van der Waals surface area contributed by atoms with Crippen molar-refractivity contribution in [2.24, 2.45) is 0 Å². The van der Waals surface area contributed by atoms with Crippen LogP contribution in [0.4, 0.5) is 10.5 Å². The van der Waals surface area contributed by atoms with Crippen LogP contribution in [0.2, 0.25) is 0 Å². The summed E-state index contributed by atoms with van der Waals surface area (Å²) >= 11 is 0. The highest BCUT2D eigenvalue weighted by Crippen LogP contribution is 2.21. The third kappa shape index (κ3) is 4.38. The molecule has 1 heterocycles. The van der Waals surface area contributed by atoms with E-state index in [1.807, 2.05) is 61.5 Å². The second-order valence-corrected chi connectivity index (χ2v) is 6.25. The second-order valence-electron chi connectivity index (χ2n) is 6.25. The first-order valence-corrected chi connectivity index (χ1v) is 8.48. The molecule has 1 saturated heterocycles. The molecule has 0 bridgehead atoms. The van der Waals surface area contributed by atoms with E-state index < -0.39 is 12.1 Å². The first-order chi connectivity index (χ1) is 12.1. The van der Waals surface area contributed by atoms with Crippen molar-refractivity contribution >= 4 is 17.7 Å². The van der Waals surface area contributed by atoms with Crippen LogP contribution in [0, 0.1) is 6.92 Å². The van der Waals surface area contributed by atoms with E-state index in [0.717, 1.165) is 23.2 Å². The fourth-order valence-electron chi connectivity index (χ4n) is 3.01. The molecule has 1 atom stereocenters. The van der Waals surface area contributed by atoms with Crippen LogP contribution in [0.25, 0.3) is 0 Å². The van der Waals surface area contributed by atoms with Crippen molar-refractivity contribution in [3.63, 3.8) is 0 Å². The number of aryl methyl sites for hydroxylation is 1. The number of amides is 2. The SMILES string of the molecule is Cc1cccc(NC(=O)C2CCCN2C(=O)OCc2ccccc2)c1. The molecule has 0 saturated carbocycles. The van der Waals surface area contributed by atoms with Gasteiger partial charge in [-0.25, -0.2) is 4.79 Å². The molecular formula is C20H22N2O3. The quantitative estimate of drug-likeness (QED) is 0.924. The van der Waals surface area contributed by atoms with Gasteiger partial charge in [0.15, 0.2) is 0 Å². The highest BCUT2D eigenvalue weighted by Gasteiger charge is 2.35. The van der Waals surface area contributed by atoms with Crippen molar-refractivity contribution in [1.82, 2.24) is 4.90 Å². The van der Waals surface area contributed by atoms with Gasteiger partial charge in [-0.2, -0.15) is 0 Å². The number of carbonyl (C=O) groups is 2. The first-order valence-electron chi connectivity index (χ1n) is 8.48. The van der Waals surface area contributed by atoms with E-state index in [0.29, 0.717) is 13.0 Å². The van der Waals surface area contributed by atoms with Gasteiger partial charge >= 0.3 is 6.09 Å². The summed E-state index contributed by atoms with van der Waals surface area (Å²) in [4.78, 5) is 26.4. The van der Waals surface area contributed by atoms with Gasteiger partial charge in [0.2, 0.25) is 5.91 Å². The Balaban J connectivity index is 1.59. The number of hydrogen-bond acceptors (Lipinski definition) is 3. The van der Waals surface area contributed by atoms with Crippen LogP contribution < -0.4 is 5.32 Å². The van der Waals surface area contributed by atoms with Gasteiger partial charge < -0.3 is 10.1 Å². The molecule has 2 aromatic carbocycles. The maximum Gasteiger partial charge on any atom is 0.410 e. The normalized spacial score (nSPS) is 16.5. The van der Waals surface area contributed by atoms with Gasteiger partial charge in [0, 0.05) is 12.2 Å². The van der Waals surface area contributed by atoms with Crippen molar-refractivity contribution in [1.29, 1.82) is 0 Å². The van der Waals surface area contributed by atoms with E-state index >= 15 is 0 Å². The lowest BCUT2D eigenvalue weighted by molar-refractivity contribution is -0.120. The van der Waals surface area contributed by atoms with Crippen LogP contribution in [-0.4, -0.2) is 29.5 Å². The third-order valence-corrected chi connectivity index (χ3v) is 4.28. The summed E-state index contributed by atoms with van der Waals surface area (Å²) in [7, 11) is 0. The highest BCUT2D eigenvalue weighted by molar-refractivity contribution is 5.96. The molecule has 5 heteroatoms. The van der Waals surface area contributed by atoms with E-state index in [9.17, 15) is 9.59 Å². The Morgan fingerprint density at radius 2 is 1.96 bits per heavy atom. The summed E-state index contributed by atoms with van der Waals surface area (Å²) < 4.78 is 5.37. The molecule has 0 radical (unpaired) electrons. The molecule has 0 aromatic heterocycles. The number of hydrogen-bond donors (Lipinski definition) is 1. The van der Waals surface area contributed by atoms with Crippen LogP contribution in [0.5, 0.6) is 0 Å². The molecule has 2 aromatic rings. The number of nitrogens with one attached hydrogen (secondary N) is 1. The fraction of sp³-hybridized carbons (Fsp3) is 0.300. The Labute approximate surface area is 147 Å². The van der Waals surface area contributed by atoms with E-state index in [1.165, 1.54) is 4.90 Å². The molecule has 1 unspecified atom stereocenters. The predicted molar refractivity (Wildman–Crippen MR) is 96.2 cm³/mol. The predicted octanol–water partition coefficient (Wildman–Crippen LogP) is 3.73. The van der Waals surface area contributed by atoms with Crippen molar-refractivity contribution in [3.05, 3.63) is 65.7 Å². The molecule has 0 aliphatic carbocycles. The zero-order valence-corrected chi connectivity index (χ0v) is 14.3. The van der Waals surface area contributed by atoms with Crippen molar-refractivity contribution in [2.75, 3.05) is 11.9 Å². The molecule has 1 aliphatic rings. The molecule has 1 N–H and O–H groups in total. The second kappa shape index (κ2) is 7.83. The number of benzene rings is 2. The Morgan fingerprint density at radius 3 is 2.72 bits per heavy atom. The Kier molecular flexibility index (Phi) is 5.33. The number of rotatable bonds is 4. The fourth-order valence-corrected chi connectivity index (χ4v) is 3.01. The minimum atomic E-state index is -0.483. The van der Waals surface area contributed by atoms with Gasteiger partial charge in [-0.3, -0.25) is 9.69 Å². The number of anilines is 1. The molecule has 5 nitrogen and oxygen atoms in total. The molecule has 2 amide bonds. The van der Waals surface area contributed by atoms with Gasteiger partial charge in [0.25, 0.3) is 0 Å². The average Bonchev–Trinajstić information content (AvgIpc) is 3.10. The van der Waals surface area contributed by atoms with Gasteiger partial charge in [-0.1, -0.05) is 42.5 Å². The van der Waals surface area contributed by atoms with Crippen molar-refractivity contribution in [2.45, 2.75) is 32.4 Å². The average molecular weight is 338 g/mol. The van der Waals surface area contributed by atoms with Crippen LogP contribution in [0.1, 0.15) is 24.0 Å². The molecule has 3 rings (SSSR count). The van der Waals surface area contributed by atoms with E-state index in [1.54, 1.807) is 0 Å². The van der Waals surface area contributed by atoms with Crippen LogP contribution >= 0.6 is 0 Å². The molecule has 130 valence electrons. The minimum Gasteiger partial charge on any atom is -0.445 e. The van der Waals surface area contributed by atoms with Crippen molar-refractivity contribution < 1.29 is 14.3 Å². The lowest BCUT2D eigenvalue weighted by Crippen LogP contribution is -2.43. The Bertz CT molecular complexity index is 746. The molecule has 0 spiro atoms. The van der Waals surface area contributed by atoms with Gasteiger partial charge in [0.1, 0.15) is 12.6 Å². The molecule has 1 fully saturated rings. The topological polar surface area (TPSA) is 58.6 Å². The van der Waals surface area contributed by atoms with E-state index in [-0.39, 0.29) is 12.5 Å². The number of ether oxygens (including phenoxy) is 1. The zero-order chi connectivity index (χ0) is 17.6. The van der Waals surface area contributed by atoms with Crippen molar-refractivity contribution in [3.8, 4) is 0 Å². The number of likely N-dealkylation sites (tertiary alicyclic amines) is 1. The van der Waals surface area contributed by atoms with Crippen LogP contribution in [-0.2, 0) is 16.1 Å². The van der Waals surface area contributed by atoms with Crippen LogP contribution in [0.15, 0.2) is 54.6 Å². The summed E-state index contributed by atoms with van der Waals surface area (Å²) in [6.07, 6.45) is 1.01. The number of carbonyl (C=O) groups excluding carboxylic acids is 2. The molecule has 25 heavy (non-hydrogen) atoms. The zero-order valence-electron chi connectivity index (χ0n) is 14.3. The monoisotopic (exact) mass is 338 g/mol. The highest BCUT2D eigenvalue weighted by atomic mass is 16.6. The summed E-state index contributed by atoms with van der Waals surface area (Å²) in [5, 5.41) is 2.89. The standard InChI is InChI=1S/C20H22N2O3/c1-15-7-5-10-17(13-15)21-19(23)18-11-6-12-22(18)20(24)25-14-16-8-3-2-4-9-16/h2-5,7-10,13,18H,6,11-12,14H2,1H3,(H,21,23). The Hall–Kier alpha value is -2.82. The maximum atomic E-state index is 12.6. The maximum absolute atomic E-state index is 12.6.